The average molecular weight is 276 g/mol. The van der Waals surface area contributed by atoms with Gasteiger partial charge in [0.1, 0.15) is 29.1 Å². The first-order valence-electron chi connectivity index (χ1n) is 5.63. The van der Waals surface area contributed by atoms with E-state index >= 15 is 0 Å². The first kappa shape index (κ1) is 13.7. The van der Waals surface area contributed by atoms with E-state index in [2.05, 4.69) is 10.4 Å². The van der Waals surface area contributed by atoms with Crippen molar-refractivity contribution in [3.8, 4) is 6.07 Å². The van der Waals surface area contributed by atoms with Gasteiger partial charge in [-0.25, -0.2) is 8.78 Å². The van der Waals surface area contributed by atoms with Crippen LogP contribution in [0.15, 0.2) is 18.3 Å². The molecule has 0 atom stereocenters. The maximum Gasteiger partial charge on any atom is 0.259 e. The van der Waals surface area contributed by atoms with Crippen LogP contribution in [0.1, 0.15) is 21.5 Å². The monoisotopic (exact) mass is 276 g/mol. The van der Waals surface area contributed by atoms with Crippen LogP contribution in [0, 0.1) is 29.9 Å². The smallest absolute Gasteiger partial charge is 0.259 e. The first-order valence-corrected chi connectivity index (χ1v) is 5.63. The predicted octanol–water partition coefficient (Wildman–Crippen LogP) is 2.13. The standard InChI is InChI=1S/C13H10F2N4O/c1-7-3-9(11(15)4-10(7)14)13(20)18-12-8(5-16)6-17-19(12)2/h3-4,6H,1-2H3,(H,18,20). The molecule has 0 aliphatic heterocycles. The fourth-order valence-electron chi connectivity index (χ4n) is 1.67. The molecule has 20 heavy (non-hydrogen) atoms. The minimum atomic E-state index is -0.966. The summed E-state index contributed by atoms with van der Waals surface area (Å²) in [6, 6.07) is 3.62. The quantitative estimate of drug-likeness (QED) is 0.913. The summed E-state index contributed by atoms with van der Waals surface area (Å²) in [5.74, 6) is -2.31. The highest BCUT2D eigenvalue weighted by atomic mass is 19.1. The Hall–Kier alpha value is -2.75. The van der Waals surface area contributed by atoms with Crippen molar-refractivity contribution < 1.29 is 13.6 Å². The lowest BCUT2D eigenvalue weighted by Gasteiger charge is -2.08. The number of hydrogen-bond donors (Lipinski definition) is 1. The molecule has 0 aliphatic carbocycles. The Labute approximate surface area is 113 Å². The number of nitrogens with zero attached hydrogens (tertiary/aromatic N) is 3. The highest BCUT2D eigenvalue weighted by Gasteiger charge is 2.17. The van der Waals surface area contributed by atoms with Gasteiger partial charge in [0.15, 0.2) is 0 Å². The Morgan fingerprint density at radius 1 is 1.40 bits per heavy atom. The molecule has 0 saturated carbocycles. The number of carbonyl (C=O) groups excluding carboxylic acids is 1. The minimum Gasteiger partial charge on any atom is -0.306 e. The highest BCUT2D eigenvalue weighted by molar-refractivity contribution is 6.04. The normalized spacial score (nSPS) is 10.2. The number of benzene rings is 1. The number of halogens is 2. The second kappa shape index (κ2) is 5.09. The van der Waals surface area contributed by atoms with Crippen LogP contribution >= 0.6 is 0 Å². The van der Waals surface area contributed by atoms with Crippen molar-refractivity contribution in [1.82, 2.24) is 9.78 Å². The van der Waals surface area contributed by atoms with Crippen molar-refractivity contribution in [3.63, 3.8) is 0 Å². The van der Waals surface area contributed by atoms with Crippen LogP contribution in [0.5, 0.6) is 0 Å². The summed E-state index contributed by atoms with van der Waals surface area (Å²) in [7, 11) is 1.53. The van der Waals surface area contributed by atoms with E-state index in [4.69, 9.17) is 5.26 Å². The Balaban J connectivity index is 2.36. The van der Waals surface area contributed by atoms with Crippen molar-refractivity contribution in [2.75, 3.05) is 5.32 Å². The molecule has 102 valence electrons. The van der Waals surface area contributed by atoms with E-state index in [-0.39, 0.29) is 22.5 Å². The van der Waals surface area contributed by atoms with E-state index in [1.54, 1.807) is 0 Å². The molecular formula is C13H10F2N4O. The fourth-order valence-corrected chi connectivity index (χ4v) is 1.67. The summed E-state index contributed by atoms with van der Waals surface area (Å²) in [5.41, 5.74) is 0.0103. The number of rotatable bonds is 2. The number of hydrogen-bond acceptors (Lipinski definition) is 3. The van der Waals surface area contributed by atoms with E-state index in [0.29, 0.717) is 6.07 Å². The fraction of sp³-hybridized carbons (Fsp3) is 0.154. The number of aromatic nitrogens is 2. The van der Waals surface area contributed by atoms with Gasteiger partial charge in [-0.15, -0.1) is 0 Å². The zero-order valence-corrected chi connectivity index (χ0v) is 10.7. The number of aryl methyl sites for hydroxylation is 2. The van der Waals surface area contributed by atoms with E-state index in [1.807, 2.05) is 6.07 Å². The van der Waals surface area contributed by atoms with Gasteiger partial charge in [-0.1, -0.05) is 0 Å². The summed E-state index contributed by atoms with van der Waals surface area (Å²) in [6.07, 6.45) is 1.28. The second-order valence-corrected chi connectivity index (χ2v) is 4.18. The van der Waals surface area contributed by atoms with Gasteiger partial charge in [-0.05, 0) is 18.6 Å². The van der Waals surface area contributed by atoms with Gasteiger partial charge in [0.2, 0.25) is 0 Å². The van der Waals surface area contributed by atoms with Crippen LogP contribution in [0.25, 0.3) is 0 Å². The summed E-state index contributed by atoms with van der Waals surface area (Å²) >= 11 is 0. The molecule has 2 aromatic rings. The number of anilines is 1. The third-order valence-corrected chi connectivity index (χ3v) is 2.78. The number of carbonyl (C=O) groups is 1. The third-order valence-electron chi connectivity index (χ3n) is 2.78. The largest absolute Gasteiger partial charge is 0.306 e. The van der Waals surface area contributed by atoms with E-state index < -0.39 is 17.5 Å². The molecule has 2 rings (SSSR count). The van der Waals surface area contributed by atoms with Gasteiger partial charge in [-0.3, -0.25) is 9.48 Å². The third kappa shape index (κ3) is 2.36. The van der Waals surface area contributed by atoms with Gasteiger partial charge in [0.25, 0.3) is 5.91 Å². The molecule has 0 aliphatic rings. The molecule has 1 N–H and O–H groups in total. The minimum absolute atomic E-state index is 0.152. The highest BCUT2D eigenvalue weighted by Crippen LogP contribution is 2.18. The number of nitrogens with one attached hydrogen (secondary N) is 1. The zero-order valence-electron chi connectivity index (χ0n) is 10.7. The maximum absolute atomic E-state index is 13.6. The Bertz CT molecular complexity index is 731. The van der Waals surface area contributed by atoms with Crippen LogP contribution in [-0.4, -0.2) is 15.7 Å². The summed E-state index contributed by atoms with van der Waals surface area (Å²) < 4.78 is 28.0. The van der Waals surface area contributed by atoms with Gasteiger partial charge in [-0.2, -0.15) is 10.4 Å². The van der Waals surface area contributed by atoms with Gasteiger partial charge >= 0.3 is 0 Å². The molecule has 0 bridgehead atoms. The van der Waals surface area contributed by atoms with E-state index in [1.165, 1.54) is 24.9 Å². The lowest BCUT2D eigenvalue weighted by Crippen LogP contribution is -2.17. The van der Waals surface area contributed by atoms with Crippen LogP contribution in [0.3, 0.4) is 0 Å². The molecule has 0 saturated heterocycles. The Morgan fingerprint density at radius 2 is 2.10 bits per heavy atom. The number of amides is 1. The molecule has 0 fully saturated rings. The first-order chi connectivity index (χ1) is 9.43. The lowest BCUT2D eigenvalue weighted by atomic mass is 10.1. The molecule has 0 unspecified atom stereocenters. The summed E-state index contributed by atoms with van der Waals surface area (Å²) in [6.45, 7) is 1.43. The molecule has 1 aromatic carbocycles. The number of nitriles is 1. The van der Waals surface area contributed by atoms with Gasteiger partial charge in [0, 0.05) is 13.1 Å². The van der Waals surface area contributed by atoms with Crippen molar-refractivity contribution in [1.29, 1.82) is 5.26 Å². The summed E-state index contributed by atoms with van der Waals surface area (Å²) in [4.78, 5) is 12.0. The second-order valence-electron chi connectivity index (χ2n) is 4.18. The van der Waals surface area contributed by atoms with Crippen LogP contribution in [0.2, 0.25) is 0 Å². The van der Waals surface area contributed by atoms with Gasteiger partial charge in [0.05, 0.1) is 11.8 Å². The average Bonchev–Trinajstić information content (AvgIpc) is 2.75. The van der Waals surface area contributed by atoms with Crippen molar-refractivity contribution >= 4 is 11.7 Å². The SMILES string of the molecule is Cc1cc(C(=O)Nc2c(C#N)cnn2C)c(F)cc1F. The Morgan fingerprint density at radius 3 is 2.75 bits per heavy atom. The van der Waals surface area contributed by atoms with Crippen molar-refractivity contribution in [2.24, 2.45) is 7.05 Å². The molecule has 0 spiro atoms. The summed E-state index contributed by atoms with van der Waals surface area (Å²) in [5, 5.41) is 15.1. The van der Waals surface area contributed by atoms with Crippen LogP contribution in [0.4, 0.5) is 14.6 Å². The maximum atomic E-state index is 13.6. The molecule has 1 heterocycles. The molecule has 0 radical (unpaired) electrons. The topological polar surface area (TPSA) is 70.7 Å². The van der Waals surface area contributed by atoms with Crippen LogP contribution < -0.4 is 5.32 Å². The molecule has 5 nitrogen and oxygen atoms in total. The zero-order chi connectivity index (χ0) is 14.9. The van der Waals surface area contributed by atoms with Gasteiger partial charge < -0.3 is 5.32 Å². The van der Waals surface area contributed by atoms with Crippen molar-refractivity contribution in [3.05, 3.63) is 46.7 Å². The molecule has 1 amide bonds. The van der Waals surface area contributed by atoms with Crippen LogP contribution in [-0.2, 0) is 7.05 Å². The molecule has 7 heteroatoms. The Kier molecular flexibility index (Phi) is 3.48. The van der Waals surface area contributed by atoms with Crippen molar-refractivity contribution in [2.45, 2.75) is 6.92 Å². The molecule has 1 aromatic heterocycles. The lowest BCUT2D eigenvalue weighted by molar-refractivity contribution is 0.102. The predicted molar refractivity (Wildman–Crippen MR) is 67.0 cm³/mol. The molecular weight excluding hydrogens is 266 g/mol. The van der Waals surface area contributed by atoms with E-state index in [9.17, 15) is 13.6 Å². The van der Waals surface area contributed by atoms with E-state index in [0.717, 1.165) is 6.07 Å².